The van der Waals surface area contributed by atoms with Crippen molar-refractivity contribution < 1.29 is 36.7 Å². The van der Waals surface area contributed by atoms with Crippen molar-refractivity contribution in [1.29, 1.82) is 0 Å². The molecule has 2 aromatic carbocycles. The van der Waals surface area contributed by atoms with Gasteiger partial charge in [-0.05, 0) is 88.0 Å². The molecule has 11 heteroatoms. The third-order valence-electron chi connectivity index (χ3n) is 7.64. The lowest BCUT2D eigenvalue weighted by atomic mass is 9.73. The lowest BCUT2D eigenvalue weighted by Gasteiger charge is -2.40. The van der Waals surface area contributed by atoms with Crippen molar-refractivity contribution in [1.82, 2.24) is 15.4 Å². The first-order valence-corrected chi connectivity index (χ1v) is 12.7. The molecule has 2 heterocycles. The second-order valence-electron chi connectivity index (χ2n) is 9.94. The van der Waals surface area contributed by atoms with E-state index in [0.717, 1.165) is 12.3 Å². The van der Waals surface area contributed by atoms with Gasteiger partial charge in [0.05, 0.1) is 24.2 Å². The first-order chi connectivity index (χ1) is 18.7. The summed E-state index contributed by atoms with van der Waals surface area (Å²) in [5, 5.41) is 9.68. The van der Waals surface area contributed by atoms with E-state index < -0.39 is 40.8 Å². The van der Waals surface area contributed by atoms with Crippen LogP contribution in [0.2, 0.25) is 0 Å². The van der Waals surface area contributed by atoms with Crippen LogP contribution in [-0.4, -0.2) is 47.7 Å². The number of amides is 1. The standard InChI is InChI=1S/C28H30F5N3O3/c1-39-19-4-5-24-20(15-19)25(23(32)16-34-24)21(30)6-7-28(27(37)35-38)8-11-36(12-9-28)10-2-3-17-13-18(29)14-22(31)26(17)33/h4-5,13-16,21,38H,2-3,6-12H2,1H3,(H,35,37)/t21-/m1/s1. The molecule has 6 nitrogen and oxygen atoms in total. The number of alkyl halides is 1. The lowest BCUT2D eigenvalue weighted by Crippen LogP contribution is -2.48. The predicted molar refractivity (Wildman–Crippen MR) is 134 cm³/mol. The van der Waals surface area contributed by atoms with E-state index in [9.17, 15) is 27.6 Å². The highest BCUT2D eigenvalue weighted by atomic mass is 19.2. The molecule has 4 rings (SSSR count). The molecule has 0 saturated carbocycles. The Morgan fingerprint density at radius 1 is 1.15 bits per heavy atom. The molecule has 1 saturated heterocycles. The number of halogens is 5. The SMILES string of the molecule is COc1ccc2ncc(F)c([C@H](F)CCC3(C(=O)NO)CCN(CCCc4cc(F)cc(F)c4F)CC3)c2c1. The molecule has 2 N–H and O–H groups in total. The van der Waals surface area contributed by atoms with E-state index in [4.69, 9.17) is 4.74 Å². The van der Waals surface area contributed by atoms with Crippen LogP contribution in [0.25, 0.3) is 10.9 Å². The molecule has 0 spiro atoms. The van der Waals surface area contributed by atoms with Crippen LogP contribution in [0.3, 0.4) is 0 Å². The minimum atomic E-state index is -1.73. The fourth-order valence-electron chi connectivity index (χ4n) is 5.36. The number of carbonyl (C=O) groups is 1. The van der Waals surface area contributed by atoms with Gasteiger partial charge in [0.15, 0.2) is 11.6 Å². The Balaban J connectivity index is 1.40. The zero-order valence-corrected chi connectivity index (χ0v) is 21.5. The van der Waals surface area contributed by atoms with Crippen LogP contribution in [0.15, 0.2) is 36.5 Å². The maximum absolute atomic E-state index is 15.6. The summed E-state index contributed by atoms with van der Waals surface area (Å²) in [5.41, 5.74) is 0.846. The number of likely N-dealkylation sites (tertiary alicyclic amines) is 1. The van der Waals surface area contributed by atoms with E-state index in [0.29, 0.717) is 56.2 Å². The van der Waals surface area contributed by atoms with Crippen molar-refractivity contribution in [3.63, 3.8) is 0 Å². The first-order valence-electron chi connectivity index (χ1n) is 12.7. The molecule has 3 aromatic rings. The number of benzene rings is 2. The summed E-state index contributed by atoms with van der Waals surface area (Å²) in [4.78, 5) is 18.7. The summed E-state index contributed by atoms with van der Waals surface area (Å²) in [6, 6.07) is 6.25. The summed E-state index contributed by atoms with van der Waals surface area (Å²) in [5.74, 6) is -4.13. The van der Waals surface area contributed by atoms with E-state index >= 15 is 4.39 Å². The Hall–Kier alpha value is -3.31. The molecular weight excluding hydrogens is 521 g/mol. The molecular formula is C28H30F5N3O3. The molecule has 0 aliphatic carbocycles. The van der Waals surface area contributed by atoms with E-state index in [-0.39, 0.29) is 35.8 Å². The number of hydrogen-bond donors (Lipinski definition) is 2. The van der Waals surface area contributed by atoms with Crippen LogP contribution in [0, 0.1) is 28.7 Å². The van der Waals surface area contributed by atoms with Crippen LogP contribution in [0.1, 0.15) is 49.4 Å². The monoisotopic (exact) mass is 551 g/mol. The average molecular weight is 552 g/mol. The van der Waals surface area contributed by atoms with Gasteiger partial charge < -0.3 is 9.64 Å². The third-order valence-corrected chi connectivity index (χ3v) is 7.64. The van der Waals surface area contributed by atoms with Crippen LogP contribution in [0.4, 0.5) is 22.0 Å². The largest absolute Gasteiger partial charge is 0.497 e. The van der Waals surface area contributed by atoms with Gasteiger partial charge in [-0.1, -0.05) is 0 Å². The van der Waals surface area contributed by atoms with Crippen molar-refractivity contribution >= 4 is 16.8 Å². The number of aromatic nitrogens is 1. The Morgan fingerprint density at radius 3 is 2.59 bits per heavy atom. The van der Waals surface area contributed by atoms with Crippen molar-refractivity contribution in [3.05, 3.63) is 70.9 Å². The highest BCUT2D eigenvalue weighted by molar-refractivity contribution is 5.84. The van der Waals surface area contributed by atoms with Gasteiger partial charge in [-0.2, -0.15) is 0 Å². The van der Waals surface area contributed by atoms with Gasteiger partial charge in [0.2, 0.25) is 5.91 Å². The second kappa shape index (κ2) is 12.3. The van der Waals surface area contributed by atoms with Crippen molar-refractivity contribution in [2.75, 3.05) is 26.7 Å². The molecule has 1 aliphatic heterocycles. The lowest BCUT2D eigenvalue weighted by molar-refractivity contribution is -0.143. The van der Waals surface area contributed by atoms with Crippen molar-refractivity contribution in [2.24, 2.45) is 5.41 Å². The third kappa shape index (κ3) is 6.30. The minimum Gasteiger partial charge on any atom is -0.497 e. The summed E-state index contributed by atoms with van der Waals surface area (Å²) >= 11 is 0. The Labute approximate surface area is 222 Å². The van der Waals surface area contributed by atoms with Crippen LogP contribution in [-0.2, 0) is 11.2 Å². The normalized spacial score (nSPS) is 16.3. The number of fused-ring (bicyclic) bond motifs is 1. The predicted octanol–water partition coefficient (Wildman–Crippen LogP) is 5.81. The highest BCUT2D eigenvalue weighted by Gasteiger charge is 2.41. The average Bonchev–Trinajstić information content (AvgIpc) is 2.94. The van der Waals surface area contributed by atoms with Gasteiger partial charge in [-0.25, -0.2) is 27.4 Å². The maximum Gasteiger partial charge on any atom is 0.249 e. The summed E-state index contributed by atoms with van der Waals surface area (Å²) in [6.45, 7) is 1.37. The molecule has 39 heavy (non-hydrogen) atoms. The number of ether oxygens (including phenoxy) is 1. The number of hydroxylamine groups is 1. The number of rotatable bonds is 10. The van der Waals surface area contributed by atoms with Crippen molar-refractivity contribution in [2.45, 2.75) is 44.7 Å². The molecule has 0 radical (unpaired) electrons. The number of nitrogens with zero attached hydrogens (tertiary/aromatic N) is 2. The van der Waals surface area contributed by atoms with Crippen LogP contribution >= 0.6 is 0 Å². The molecule has 0 unspecified atom stereocenters. The molecule has 1 aliphatic rings. The number of hydrogen-bond acceptors (Lipinski definition) is 5. The highest BCUT2D eigenvalue weighted by Crippen LogP contribution is 2.41. The molecule has 1 fully saturated rings. The zero-order valence-electron chi connectivity index (χ0n) is 21.5. The number of methoxy groups -OCH3 is 1. The Bertz CT molecular complexity index is 1330. The summed E-state index contributed by atoms with van der Waals surface area (Å²) < 4.78 is 76.2. The molecule has 1 atom stereocenters. The van der Waals surface area contributed by atoms with Gasteiger partial charge in [-0.15, -0.1) is 0 Å². The topological polar surface area (TPSA) is 74.7 Å². The van der Waals surface area contributed by atoms with Gasteiger partial charge in [0, 0.05) is 17.0 Å². The number of nitrogens with one attached hydrogen (secondary N) is 1. The second-order valence-corrected chi connectivity index (χ2v) is 9.94. The summed E-state index contributed by atoms with van der Waals surface area (Å²) in [6.07, 6.45) is 0.328. The van der Waals surface area contributed by atoms with E-state index in [1.54, 1.807) is 17.6 Å². The molecule has 1 amide bonds. The van der Waals surface area contributed by atoms with Crippen molar-refractivity contribution in [3.8, 4) is 5.75 Å². The van der Waals surface area contributed by atoms with Gasteiger partial charge in [0.1, 0.15) is 23.6 Å². The van der Waals surface area contributed by atoms with E-state index in [2.05, 4.69) is 4.98 Å². The Morgan fingerprint density at radius 2 is 1.90 bits per heavy atom. The number of carbonyl (C=O) groups excluding carboxylic acids is 1. The van der Waals surface area contributed by atoms with E-state index in [1.807, 2.05) is 4.90 Å². The number of pyridine rings is 1. The number of aryl methyl sites for hydroxylation is 1. The number of piperidine rings is 1. The van der Waals surface area contributed by atoms with Gasteiger partial charge in [-0.3, -0.25) is 15.0 Å². The summed E-state index contributed by atoms with van der Waals surface area (Å²) in [7, 11) is 1.45. The smallest absolute Gasteiger partial charge is 0.249 e. The van der Waals surface area contributed by atoms with E-state index in [1.165, 1.54) is 13.2 Å². The van der Waals surface area contributed by atoms with Gasteiger partial charge >= 0.3 is 0 Å². The molecule has 210 valence electrons. The quantitative estimate of drug-likeness (QED) is 0.144. The fraction of sp³-hybridized carbons (Fsp3) is 0.429. The first kappa shape index (κ1) is 28.7. The minimum absolute atomic E-state index is 0.0407. The Kier molecular flexibility index (Phi) is 9.01. The fourth-order valence-corrected chi connectivity index (χ4v) is 5.36. The zero-order chi connectivity index (χ0) is 28.2. The molecule has 1 aromatic heterocycles. The maximum atomic E-state index is 15.6. The van der Waals surface area contributed by atoms with Crippen LogP contribution in [0.5, 0.6) is 5.75 Å². The molecule has 0 bridgehead atoms. The van der Waals surface area contributed by atoms with Crippen LogP contribution < -0.4 is 10.2 Å². The van der Waals surface area contributed by atoms with Gasteiger partial charge in [0.25, 0.3) is 0 Å².